The smallest absolute Gasteiger partial charge is 0.228 e. The summed E-state index contributed by atoms with van der Waals surface area (Å²) in [5.41, 5.74) is 3.44. The average molecular weight is 595 g/mol. The zero-order chi connectivity index (χ0) is 21.3. The molecule has 0 aliphatic rings. The largest absolute Gasteiger partial charge is 0.504 e. The van der Waals surface area contributed by atoms with E-state index >= 15 is 0 Å². The molecule has 3 aromatic carbocycles. The molecular formula is C22H15Br3N2O3. The molecule has 1 aromatic heterocycles. The molecule has 0 aliphatic carbocycles. The van der Waals surface area contributed by atoms with Gasteiger partial charge in [0, 0.05) is 19.6 Å². The summed E-state index contributed by atoms with van der Waals surface area (Å²) in [6, 6.07) is 15.0. The lowest BCUT2D eigenvalue weighted by Crippen LogP contribution is -1.95. The Hall–Kier alpha value is -2.16. The highest BCUT2D eigenvalue weighted by Crippen LogP contribution is 2.40. The van der Waals surface area contributed by atoms with Gasteiger partial charge in [-0.3, -0.25) is 4.99 Å². The van der Waals surface area contributed by atoms with Gasteiger partial charge in [-0.05, 0) is 91.1 Å². The van der Waals surface area contributed by atoms with E-state index in [9.17, 15) is 5.11 Å². The van der Waals surface area contributed by atoms with E-state index in [0.29, 0.717) is 45.1 Å². The summed E-state index contributed by atoms with van der Waals surface area (Å²) in [5, 5.41) is 10.5. The number of nitrogens with zero attached hydrogens (tertiary/aromatic N) is 2. The number of hydrogen-bond acceptors (Lipinski definition) is 5. The van der Waals surface area contributed by atoms with Gasteiger partial charge < -0.3 is 14.3 Å². The number of phenols is 1. The molecule has 5 nitrogen and oxygen atoms in total. The van der Waals surface area contributed by atoms with Gasteiger partial charge >= 0.3 is 0 Å². The minimum absolute atomic E-state index is 0.0226. The van der Waals surface area contributed by atoms with Crippen LogP contribution in [0.25, 0.3) is 22.6 Å². The van der Waals surface area contributed by atoms with Crippen LogP contribution in [0, 0.1) is 0 Å². The molecule has 0 unspecified atom stereocenters. The molecule has 4 aromatic rings. The highest BCUT2D eigenvalue weighted by molar-refractivity contribution is 9.13. The molecule has 0 fully saturated rings. The van der Waals surface area contributed by atoms with Crippen molar-refractivity contribution in [3.63, 3.8) is 0 Å². The fraction of sp³-hybridized carbons (Fsp3) is 0.0909. The normalized spacial score (nSPS) is 11.5. The van der Waals surface area contributed by atoms with E-state index < -0.39 is 0 Å². The van der Waals surface area contributed by atoms with E-state index in [-0.39, 0.29) is 5.75 Å². The molecule has 0 saturated heterocycles. The first kappa shape index (κ1) is 21.1. The van der Waals surface area contributed by atoms with Crippen LogP contribution in [0.1, 0.15) is 12.5 Å². The minimum Gasteiger partial charge on any atom is -0.504 e. The Balaban J connectivity index is 1.70. The third kappa shape index (κ3) is 4.17. The Morgan fingerprint density at radius 3 is 2.67 bits per heavy atom. The van der Waals surface area contributed by atoms with Crippen molar-refractivity contribution in [2.24, 2.45) is 4.99 Å². The van der Waals surface area contributed by atoms with Crippen molar-refractivity contribution < 1.29 is 14.3 Å². The van der Waals surface area contributed by atoms with Crippen molar-refractivity contribution in [3.05, 3.63) is 67.5 Å². The summed E-state index contributed by atoms with van der Waals surface area (Å²) in [5.74, 6) is 0.945. The second-order valence-electron chi connectivity index (χ2n) is 6.27. The number of aromatic hydroxyl groups is 1. The standard InChI is InChI=1S/C22H15Br3N2O3/c1-2-29-19-10-16(24)20(25)14(21(19)28)11-26-12-7-8-18-17(9-12)27-22(30-18)13-5-3-4-6-15(13)23/h3-11,28H,2H2,1H3. The van der Waals surface area contributed by atoms with Gasteiger partial charge in [0.25, 0.3) is 0 Å². The SMILES string of the molecule is CCOc1cc(Br)c(Br)c(C=Nc2ccc3oc(-c4ccccc4Br)nc3c2)c1O. The van der Waals surface area contributed by atoms with E-state index in [1.807, 2.05) is 49.4 Å². The van der Waals surface area contributed by atoms with E-state index in [1.165, 1.54) is 0 Å². The maximum Gasteiger partial charge on any atom is 0.228 e. The summed E-state index contributed by atoms with van der Waals surface area (Å²) < 4.78 is 13.7. The molecule has 8 heteroatoms. The van der Waals surface area contributed by atoms with Crippen molar-refractivity contribution >= 4 is 70.8 Å². The lowest BCUT2D eigenvalue weighted by Gasteiger charge is -2.11. The minimum atomic E-state index is 0.0226. The number of oxazole rings is 1. The summed E-state index contributed by atoms with van der Waals surface area (Å²) in [6.07, 6.45) is 1.59. The number of aromatic nitrogens is 1. The molecule has 0 bridgehead atoms. The number of hydrogen-bond donors (Lipinski definition) is 1. The Bertz CT molecular complexity index is 1270. The molecule has 0 saturated carbocycles. The Kier molecular flexibility index (Phi) is 6.26. The molecule has 30 heavy (non-hydrogen) atoms. The van der Waals surface area contributed by atoms with Crippen LogP contribution in [0.4, 0.5) is 5.69 Å². The number of rotatable bonds is 5. The zero-order valence-electron chi connectivity index (χ0n) is 15.7. The molecule has 1 heterocycles. The maximum absolute atomic E-state index is 10.5. The van der Waals surface area contributed by atoms with E-state index in [1.54, 1.807) is 12.3 Å². The van der Waals surface area contributed by atoms with Crippen LogP contribution in [0.3, 0.4) is 0 Å². The third-order valence-corrected chi connectivity index (χ3v) is 7.01. The summed E-state index contributed by atoms with van der Waals surface area (Å²) in [7, 11) is 0. The first-order valence-electron chi connectivity index (χ1n) is 9.01. The summed E-state index contributed by atoms with van der Waals surface area (Å²) >= 11 is 10.5. The molecule has 0 atom stereocenters. The van der Waals surface area contributed by atoms with E-state index in [2.05, 4.69) is 57.8 Å². The number of phenolic OH excluding ortho intramolecular Hbond substituents is 1. The molecular weight excluding hydrogens is 580 g/mol. The van der Waals surface area contributed by atoms with Gasteiger partial charge in [-0.1, -0.05) is 12.1 Å². The maximum atomic E-state index is 10.5. The van der Waals surface area contributed by atoms with Gasteiger partial charge in [-0.15, -0.1) is 0 Å². The quantitative estimate of drug-likeness (QED) is 0.241. The predicted octanol–water partition coefficient (Wildman–Crippen LogP) is 7.64. The Morgan fingerprint density at radius 2 is 1.90 bits per heavy atom. The van der Waals surface area contributed by atoms with Gasteiger partial charge in [0.2, 0.25) is 5.89 Å². The molecule has 0 aliphatic heterocycles. The van der Waals surface area contributed by atoms with Crippen LogP contribution in [-0.2, 0) is 0 Å². The van der Waals surface area contributed by atoms with Crippen molar-refractivity contribution in [3.8, 4) is 23.0 Å². The number of halogens is 3. The molecule has 1 N–H and O–H groups in total. The topological polar surface area (TPSA) is 67.9 Å². The molecule has 4 rings (SSSR count). The lowest BCUT2D eigenvalue weighted by atomic mass is 10.2. The van der Waals surface area contributed by atoms with Gasteiger partial charge in [0.15, 0.2) is 17.1 Å². The van der Waals surface area contributed by atoms with Crippen LogP contribution in [-0.4, -0.2) is 22.9 Å². The fourth-order valence-corrected chi connectivity index (χ4v) is 4.16. The molecule has 152 valence electrons. The van der Waals surface area contributed by atoms with Gasteiger partial charge in [-0.25, -0.2) is 4.98 Å². The van der Waals surface area contributed by atoms with Crippen LogP contribution in [0.5, 0.6) is 11.5 Å². The van der Waals surface area contributed by atoms with Gasteiger partial charge in [0.1, 0.15) is 5.52 Å². The van der Waals surface area contributed by atoms with E-state index in [0.717, 1.165) is 14.5 Å². The fourth-order valence-electron chi connectivity index (χ4n) is 2.88. The third-order valence-electron chi connectivity index (χ3n) is 4.31. The first-order chi connectivity index (χ1) is 14.5. The van der Waals surface area contributed by atoms with Gasteiger partial charge in [-0.2, -0.15) is 0 Å². The van der Waals surface area contributed by atoms with Crippen molar-refractivity contribution in [2.75, 3.05) is 6.61 Å². The monoisotopic (exact) mass is 592 g/mol. The lowest BCUT2D eigenvalue weighted by molar-refractivity contribution is 0.317. The van der Waals surface area contributed by atoms with Crippen LogP contribution >= 0.6 is 47.8 Å². The van der Waals surface area contributed by atoms with Crippen LogP contribution in [0.15, 0.2) is 71.4 Å². The highest BCUT2D eigenvalue weighted by Gasteiger charge is 2.15. The summed E-state index contributed by atoms with van der Waals surface area (Å²) in [6.45, 7) is 2.30. The van der Waals surface area contributed by atoms with Crippen LogP contribution in [0.2, 0.25) is 0 Å². The first-order valence-corrected chi connectivity index (χ1v) is 11.4. The Labute approximate surface area is 198 Å². The van der Waals surface area contributed by atoms with Crippen molar-refractivity contribution in [1.82, 2.24) is 4.98 Å². The number of benzene rings is 3. The number of ether oxygens (including phenoxy) is 1. The zero-order valence-corrected chi connectivity index (χ0v) is 20.5. The second-order valence-corrected chi connectivity index (χ2v) is 8.78. The van der Waals surface area contributed by atoms with Crippen molar-refractivity contribution in [1.29, 1.82) is 0 Å². The molecule has 0 amide bonds. The van der Waals surface area contributed by atoms with Gasteiger partial charge in [0.05, 0.1) is 23.4 Å². The number of aliphatic imine (C=N–C) groups is 1. The second kappa shape index (κ2) is 8.91. The molecule has 0 spiro atoms. The number of fused-ring (bicyclic) bond motifs is 1. The highest BCUT2D eigenvalue weighted by atomic mass is 79.9. The average Bonchev–Trinajstić information content (AvgIpc) is 3.15. The molecule has 0 radical (unpaired) electrons. The van der Waals surface area contributed by atoms with Crippen LogP contribution < -0.4 is 4.74 Å². The predicted molar refractivity (Wildman–Crippen MR) is 129 cm³/mol. The Morgan fingerprint density at radius 1 is 1.10 bits per heavy atom. The van der Waals surface area contributed by atoms with E-state index in [4.69, 9.17) is 9.15 Å². The summed E-state index contributed by atoms with van der Waals surface area (Å²) in [4.78, 5) is 9.10. The van der Waals surface area contributed by atoms with Crippen molar-refractivity contribution in [2.45, 2.75) is 6.92 Å².